The van der Waals surface area contributed by atoms with Crippen LogP contribution in [-0.2, 0) is 25.2 Å². The summed E-state index contributed by atoms with van der Waals surface area (Å²) in [4.78, 5) is 14.8. The molecule has 0 N–H and O–H groups in total. The second-order valence-electron chi connectivity index (χ2n) is 9.48. The van der Waals surface area contributed by atoms with E-state index in [1.807, 2.05) is 29.2 Å². The minimum atomic E-state index is -1.84. The third-order valence-corrected chi connectivity index (χ3v) is 10.9. The maximum atomic E-state index is 12.9. The molecule has 0 radical (unpaired) electrons. The number of methoxy groups -OCH3 is 2. The van der Waals surface area contributed by atoms with Gasteiger partial charge in [0.2, 0.25) is 5.91 Å². The zero-order chi connectivity index (χ0) is 22.4. The molecule has 170 valence electrons. The van der Waals surface area contributed by atoms with Crippen molar-refractivity contribution in [1.29, 1.82) is 0 Å². The van der Waals surface area contributed by atoms with E-state index in [2.05, 4.69) is 33.9 Å². The standard InChI is InChI=1S/C23H39NO5Si/c1-23(2,3)30(6,7)29-15-14-20-21(28-17-26-4)12-13-22(25)24(20)16-18-8-10-19(27-5)11-9-18/h8-11,20-21H,12-17H2,1-7H3/t20-,21+/m1/s1. The van der Waals surface area contributed by atoms with Crippen molar-refractivity contribution < 1.29 is 23.4 Å². The highest BCUT2D eigenvalue weighted by Gasteiger charge is 2.39. The SMILES string of the molecule is COCO[C@H]1CCC(=O)N(Cc2ccc(OC)cc2)[C@@H]1CCO[Si](C)(C)C(C)(C)C. The maximum absolute atomic E-state index is 12.9. The van der Waals surface area contributed by atoms with Crippen molar-refractivity contribution in [1.82, 2.24) is 4.90 Å². The van der Waals surface area contributed by atoms with Crippen LogP contribution in [0.25, 0.3) is 0 Å². The van der Waals surface area contributed by atoms with E-state index in [9.17, 15) is 4.79 Å². The number of rotatable bonds is 10. The molecule has 1 saturated heterocycles. The van der Waals surface area contributed by atoms with Crippen LogP contribution in [0.15, 0.2) is 24.3 Å². The Labute approximate surface area is 183 Å². The minimum absolute atomic E-state index is 0.0340. The van der Waals surface area contributed by atoms with Crippen LogP contribution in [0.2, 0.25) is 18.1 Å². The number of carbonyl (C=O) groups is 1. The number of hydrogen-bond acceptors (Lipinski definition) is 5. The van der Waals surface area contributed by atoms with E-state index in [1.54, 1.807) is 14.2 Å². The van der Waals surface area contributed by atoms with Gasteiger partial charge in [0.05, 0.1) is 19.3 Å². The number of likely N-dealkylation sites (tertiary alicyclic amines) is 1. The Kier molecular flexibility index (Phi) is 8.91. The fourth-order valence-corrected chi connectivity index (χ4v) is 4.52. The first-order valence-electron chi connectivity index (χ1n) is 10.8. The molecule has 1 aliphatic heterocycles. The molecule has 1 aromatic rings. The van der Waals surface area contributed by atoms with Gasteiger partial charge in [-0.3, -0.25) is 4.79 Å². The van der Waals surface area contributed by atoms with Crippen molar-refractivity contribution in [3.05, 3.63) is 29.8 Å². The molecule has 1 amide bonds. The average molecular weight is 438 g/mol. The lowest BCUT2D eigenvalue weighted by Crippen LogP contribution is -2.52. The Bertz CT molecular complexity index is 671. The zero-order valence-electron chi connectivity index (χ0n) is 19.7. The van der Waals surface area contributed by atoms with Crippen LogP contribution in [0, 0.1) is 0 Å². The molecular weight excluding hydrogens is 398 g/mol. The van der Waals surface area contributed by atoms with Gasteiger partial charge in [0.15, 0.2) is 8.32 Å². The third kappa shape index (κ3) is 6.54. The second kappa shape index (κ2) is 10.8. The van der Waals surface area contributed by atoms with Gasteiger partial charge in [0, 0.05) is 26.7 Å². The summed E-state index contributed by atoms with van der Waals surface area (Å²) < 4.78 is 22.8. The summed E-state index contributed by atoms with van der Waals surface area (Å²) in [6, 6.07) is 7.84. The second-order valence-corrected chi connectivity index (χ2v) is 14.3. The highest BCUT2D eigenvalue weighted by Crippen LogP contribution is 2.37. The minimum Gasteiger partial charge on any atom is -0.497 e. The van der Waals surface area contributed by atoms with Gasteiger partial charge in [0.25, 0.3) is 0 Å². The van der Waals surface area contributed by atoms with Crippen LogP contribution in [0.4, 0.5) is 0 Å². The summed E-state index contributed by atoms with van der Waals surface area (Å²) in [7, 11) is 1.43. The van der Waals surface area contributed by atoms with E-state index < -0.39 is 8.32 Å². The predicted molar refractivity (Wildman–Crippen MR) is 121 cm³/mol. The molecule has 1 aliphatic rings. The van der Waals surface area contributed by atoms with Gasteiger partial charge in [-0.15, -0.1) is 0 Å². The van der Waals surface area contributed by atoms with E-state index >= 15 is 0 Å². The van der Waals surface area contributed by atoms with Crippen LogP contribution < -0.4 is 4.74 Å². The van der Waals surface area contributed by atoms with Crippen molar-refractivity contribution in [3.63, 3.8) is 0 Å². The number of nitrogens with zero attached hydrogens (tertiary/aromatic N) is 1. The Morgan fingerprint density at radius 1 is 1.13 bits per heavy atom. The first-order chi connectivity index (χ1) is 14.1. The monoisotopic (exact) mass is 437 g/mol. The summed E-state index contributed by atoms with van der Waals surface area (Å²) >= 11 is 0. The van der Waals surface area contributed by atoms with E-state index in [1.165, 1.54) is 0 Å². The van der Waals surface area contributed by atoms with Crippen molar-refractivity contribution in [2.75, 3.05) is 27.6 Å². The largest absolute Gasteiger partial charge is 0.497 e. The quantitative estimate of drug-likeness (QED) is 0.396. The molecule has 2 rings (SSSR count). The molecule has 0 aromatic heterocycles. The summed E-state index contributed by atoms with van der Waals surface area (Å²) in [6.07, 6.45) is 1.91. The molecule has 0 unspecified atom stereocenters. The number of ether oxygens (including phenoxy) is 3. The van der Waals surface area contributed by atoms with Crippen molar-refractivity contribution >= 4 is 14.2 Å². The van der Waals surface area contributed by atoms with Crippen LogP contribution >= 0.6 is 0 Å². The van der Waals surface area contributed by atoms with Crippen molar-refractivity contribution in [2.45, 2.75) is 76.9 Å². The Balaban J connectivity index is 2.14. The normalized spacial score (nSPS) is 20.5. The fourth-order valence-electron chi connectivity index (χ4n) is 3.46. The van der Waals surface area contributed by atoms with Crippen LogP contribution in [0.3, 0.4) is 0 Å². The molecule has 2 atom stereocenters. The van der Waals surface area contributed by atoms with Gasteiger partial charge in [-0.1, -0.05) is 32.9 Å². The number of amides is 1. The molecule has 30 heavy (non-hydrogen) atoms. The molecule has 1 fully saturated rings. The van der Waals surface area contributed by atoms with E-state index in [4.69, 9.17) is 18.6 Å². The summed E-state index contributed by atoms with van der Waals surface area (Å²) in [6.45, 7) is 12.6. The first kappa shape index (κ1) is 24.9. The van der Waals surface area contributed by atoms with E-state index in [-0.39, 0.29) is 29.9 Å². The molecule has 0 aliphatic carbocycles. The van der Waals surface area contributed by atoms with Gasteiger partial charge in [-0.2, -0.15) is 0 Å². The lowest BCUT2D eigenvalue weighted by molar-refractivity contribution is -0.155. The van der Waals surface area contributed by atoms with Gasteiger partial charge < -0.3 is 23.5 Å². The van der Waals surface area contributed by atoms with Crippen LogP contribution in [-0.4, -0.2) is 58.9 Å². The molecule has 6 nitrogen and oxygen atoms in total. The summed E-state index contributed by atoms with van der Waals surface area (Å²) in [5, 5.41) is 0.157. The summed E-state index contributed by atoms with van der Waals surface area (Å²) in [5.74, 6) is 0.977. The molecule has 0 bridgehead atoms. The smallest absolute Gasteiger partial charge is 0.223 e. The molecule has 0 saturated carbocycles. The Morgan fingerprint density at radius 3 is 2.37 bits per heavy atom. The number of piperidine rings is 1. The van der Waals surface area contributed by atoms with Crippen LogP contribution in [0.1, 0.15) is 45.6 Å². The zero-order valence-corrected chi connectivity index (χ0v) is 20.7. The Morgan fingerprint density at radius 2 is 1.80 bits per heavy atom. The van der Waals surface area contributed by atoms with Gasteiger partial charge in [0.1, 0.15) is 12.5 Å². The summed E-state index contributed by atoms with van der Waals surface area (Å²) in [5.41, 5.74) is 1.08. The first-order valence-corrected chi connectivity index (χ1v) is 13.7. The van der Waals surface area contributed by atoms with Gasteiger partial charge in [-0.05, 0) is 48.7 Å². The molecule has 1 aromatic carbocycles. The third-order valence-electron chi connectivity index (χ3n) is 6.39. The Hall–Kier alpha value is -1.41. The van der Waals surface area contributed by atoms with Crippen LogP contribution in [0.5, 0.6) is 5.75 Å². The van der Waals surface area contributed by atoms with E-state index in [0.717, 1.165) is 17.7 Å². The number of benzene rings is 1. The highest BCUT2D eigenvalue weighted by molar-refractivity contribution is 6.74. The number of carbonyl (C=O) groups excluding carboxylic acids is 1. The molecular formula is C23H39NO5Si. The fraction of sp³-hybridized carbons (Fsp3) is 0.696. The topological polar surface area (TPSA) is 57.2 Å². The maximum Gasteiger partial charge on any atom is 0.223 e. The highest BCUT2D eigenvalue weighted by atomic mass is 28.4. The average Bonchev–Trinajstić information content (AvgIpc) is 2.69. The van der Waals surface area contributed by atoms with Gasteiger partial charge >= 0.3 is 0 Å². The van der Waals surface area contributed by atoms with E-state index in [0.29, 0.717) is 26.0 Å². The van der Waals surface area contributed by atoms with Crippen molar-refractivity contribution in [2.24, 2.45) is 0 Å². The van der Waals surface area contributed by atoms with Gasteiger partial charge in [-0.25, -0.2) is 0 Å². The predicted octanol–water partition coefficient (Wildman–Crippen LogP) is 4.59. The molecule has 0 spiro atoms. The lowest BCUT2D eigenvalue weighted by Gasteiger charge is -2.42. The molecule has 1 heterocycles. The van der Waals surface area contributed by atoms with Crippen molar-refractivity contribution in [3.8, 4) is 5.75 Å². The number of hydrogen-bond donors (Lipinski definition) is 0. The molecule has 7 heteroatoms. The lowest BCUT2D eigenvalue weighted by atomic mass is 9.95.